The van der Waals surface area contributed by atoms with Gasteiger partial charge in [0.25, 0.3) is 5.91 Å². The maximum atomic E-state index is 13.5. The smallest absolute Gasteiger partial charge is 0.416 e. The second kappa shape index (κ2) is 11.7. The first kappa shape index (κ1) is 27.2. The Kier molecular flexibility index (Phi) is 8.61. The number of nitrogens with one attached hydrogen (secondary N) is 1. The molecule has 37 heavy (non-hydrogen) atoms. The predicted molar refractivity (Wildman–Crippen MR) is 130 cm³/mol. The Balaban J connectivity index is 1.62. The topological polar surface area (TPSA) is 82.2 Å². The molecule has 0 spiro atoms. The first-order valence-electron chi connectivity index (χ1n) is 13.0. The largest absolute Gasteiger partial charge is 0.491 e. The second-order valence-corrected chi connectivity index (χ2v) is 10.2. The Morgan fingerprint density at radius 3 is 2.57 bits per heavy atom. The van der Waals surface area contributed by atoms with Gasteiger partial charge in [0, 0.05) is 46.2 Å². The van der Waals surface area contributed by atoms with E-state index in [2.05, 4.69) is 5.32 Å². The van der Waals surface area contributed by atoms with Gasteiger partial charge in [0.2, 0.25) is 11.8 Å². The highest BCUT2D eigenvalue weighted by molar-refractivity contribution is 5.97. The van der Waals surface area contributed by atoms with Crippen molar-refractivity contribution < 1.29 is 32.3 Å². The minimum atomic E-state index is -4.61. The van der Waals surface area contributed by atoms with Crippen LogP contribution in [0.3, 0.4) is 0 Å². The maximum absolute atomic E-state index is 13.5. The summed E-state index contributed by atoms with van der Waals surface area (Å²) in [6, 6.07) is 2.34. The fourth-order valence-electron chi connectivity index (χ4n) is 5.48. The minimum absolute atomic E-state index is 0.0103. The van der Waals surface area contributed by atoms with E-state index in [0.29, 0.717) is 25.6 Å². The molecule has 8 nitrogen and oxygen atoms in total. The third kappa shape index (κ3) is 6.94. The second-order valence-electron chi connectivity index (χ2n) is 10.2. The zero-order valence-electron chi connectivity index (χ0n) is 21.2. The van der Waals surface area contributed by atoms with Gasteiger partial charge in [-0.1, -0.05) is 19.3 Å². The lowest BCUT2D eigenvalue weighted by Crippen LogP contribution is -2.59. The molecule has 1 aromatic carbocycles. The number of carbonyl (C=O) groups is 3. The summed E-state index contributed by atoms with van der Waals surface area (Å²) in [5.41, 5.74) is -1.14. The average Bonchev–Trinajstić information content (AvgIpc) is 2.87. The maximum Gasteiger partial charge on any atom is 0.416 e. The number of nitrogens with zero attached hydrogens (tertiary/aromatic N) is 3. The molecule has 0 bridgehead atoms. The predicted octanol–water partition coefficient (Wildman–Crippen LogP) is 2.77. The molecule has 1 aromatic rings. The van der Waals surface area contributed by atoms with Gasteiger partial charge in [0.1, 0.15) is 12.4 Å². The Hall–Kier alpha value is -2.82. The van der Waals surface area contributed by atoms with Crippen LogP contribution < -0.4 is 10.1 Å². The van der Waals surface area contributed by atoms with Gasteiger partial charge >= 0.3 is 6.18 Å². The molecule has 1 saturated carbocycles. The summed E-state index contributed by atoms with van der Waals surface area (Å²) in [5, 5.41) is 2.72. The van der Waals surface area contributed by atoms with Crippen molar-refractivity contribution in [2.45, 2.75) is 51.2 Å². The Labute approximate surface area is 215 Å². The van der Waals surface area contributed by atoms with E-state index >= 15 is 0 Å². The van der Waals surface area contributed by atoms with Crippen LogP contribution in [0.25, 0.3) is 0 Å². The highest BCUT2D eigenvalue weighted by Gasteiger charge is 2.35. The molecule has 1 atom stereocenters. The normalized spacial score (nSPS) is 23.1. The van der Waals surface area contributed by atoms with E-state index in [1.165, 1.54) is 13.3 Å². The zero-order chi connectivity index (χ0) is 26.6. The van der Waals surface area contributed by atoms with Crippen LogP contribution in [0.15, 0.2) is 18.2 Å². The number of halogens is 3. The average molecular weight is 525 g/mol. The molecule has 1 aliphatic carbocycles. The van der Waals surface area contributed by atoms with Crippen molar-refractivity contribution in [3.8, 4) is 5.75 Å². The third-order valence-electron chi connectivity index (χ3n) is 7.54. The summed E-state index contributed by atoms with van der Waals surface area (Å²) < 4.78 is 46.0. The van der Waals surface area contributed by atoms with E-state index < -0.39 is 23.7 Å². The van der Waals surface area contributed by atoms with Crippen molar-refractivity contribution in [3.05, 3.63) is 29.3 Å². The lowest BCUT2D eigenvalue weighted by atomic mass is 9.89. The van der Waals surface area contributed by atoms with E-state index in [1.807, 2.05) is 4.90 Å². The number of ether oxygens (including phenoxy) is 1. The Morgan fingerprint density at radius 2 is 1.86 bits per heavy atom. The SMILES string of the molecule is CC(=O)N1CCN2C(=O)CN(CC3CCCCC3)CCNC(=O)c3cc(C(F)(F)F)ccc3OC[C@@H]2C1. The molecule has 11 heteroatoms. The summed E-state index contributed by atoms with van der Waals surface area (Å²) >= 11 is 0. The number of amides is 3. The number of benzene rings is 1. The number of hydrogen-bond acceptors (Lipinski definition) is 5. The molecular weight excluding hydrogens is 489 g/mol. The first-order valence-corrected chi connectivity index (χ1v) is 13.0. The molecule has 3 aliphatic rings. The summed E-state index contributed by atoms with van der Waals surface area (Å²) in [4.78, 5) is 43.8. The van der Waals surface area contributed by atoms with Gasteiger partial charge in [-0.2, -0.15) is 13.2 Å². The molecule has 2 heterocycles. The molecule has 1 N–H and O–H groups in total. The van der Waals surface area contributed by atoms with Crippen molar-refractivity contribution in [3.63, 3.8) is 0 Å². The highest BCUT2D eigenvalue weighted by atomic mass is 19.4. The fraction of sp³-hybridized carbons (Fsp3) is 0.654. The number of carbonyl (C=O) groups excluding carboxylic acids is 3. The number of rotatable bonds is 2. The van der Waals surface area contributed by atoms with Gasteiger partial charge in [-0.15, -0.1) is 0 Å². The first-order chi connectivity index (χ1) is 17.6. The number of fused-ring (bicyclic) bond motifs is 2. The minimum Gasteiger partial charge on any atom is -0.491 e. The van der Waals surface area contributed by atoms with E-state index in [0.717, 1.165) is 50.4 Å². The fourth-order valence-corrected chi connectivity index (χ4v) is 5.48. The van der Waals surface area contributed by atoms with E-state index in [1.54, 1.807) is 9.80 Å². The quantitative estimate of drug-likeness (QED) is 0.644. The van der Waals surface area contributed by atoms with Crippen molar-refractivity contribution in [1.29, 1.82) is 0 Å². The highest BCUT2D eigenvalue weighted by Crippen LogP contribution is 2.33. The van der Waals surface area contributed by atoms with Crippen LogP contribution >= 0.6 is 0 Å². The van der Waals surface area contributed by atoms with Gasteiger partial charge in [-0.05, 0) is 37.0 Å². The molecule has 2 fully saturated rings. The van der Waals surface area contributed by atoms with Crippen molar-refractivity contribution in [2.75, 3.05) is 52.4 Å². The summed E-state index contributed by atoms with van der Waals surface area (Å²) in [7, 11) is 0. The van der Waals surface area contributed by atoms with Crippen LogP contribution in [0.5, 0.6) is 5.75 Å². The lowest BCUT2D eigenvalue weighted by Gasteiger charge is -2.42. The van der Waals surface area contributed by atoms with E-state index in [9.17, 15) is 27.6 Å². The number of hydrogen-bond donors (Lipinski definition) is 1. The molecule has 204 valence electrons. The van der Waals surface area contributed by atoms with Gasteiger partial charge in [0.05, 0.1) is 23.7 Å². The standard InChI is InChI=1S/C26H35F3N4O4/c1-18(34)32-11-12-33-21(15-32)17-37-23-8-7-20(26(27,28)29)13-22(23)25(36)30-9-10-31(16-24(33)35)14-19-5-3-2-4-6-19/h7-8,13,19,21H,2-6,9-12,14-17H2,1H3,(H,30,36)/t21-/m0/s1. The molecule has 3 amide bonds. The Bertz CT molecular complexity index is 997. The van der Waals surface area contributed by atoms with Crippen LogP contribution in [0, 0.1) is 5.92 Å². The Morgan fingerprint density at radius 1 is 1.11 bits per heavy atom. The van der Waals surface area contributed by atoms with Gasteiger partial charge < -0.3 is 19.9 Å². The number of piperazine rings is 1. The summed E-state index contributed by atoms with van der Waals surface area (Å²) in [6.45, 7) is 3.92. The molecule has 0 aromatic heterocycles. The molecule has 4 rings (SSSR count). The number of alkyl halides is 3. The van der Waals surface area contributed by atoms with Crippen LogP contribution in [-0.4, -0.2) is 90.9 Å². The lowest BCUT2D eigenvalue weighted by molar-refractivity contribution is -0.143. The van der Waals surface area contributed by atoms with Crippen LogP contribution in [0.4, 0.5) is 13.2 Å². The molecule has 1 saturated heterocycles. The van der Waals surface area contributed by atoms with Crippen LogP contribution in [-0.2, 0) is 15.8 Å². The van der Waals surface area contributed by atoms with E-state index in [-0.39, 0.29) is 49.4 Å². The zero-order valence-corrected chi connectivity index (χ0v) is 21.2. The third-order valence-corrected chi connectivity index (χ3v) is 7.54. The molecule has 0 radical (unpaired) electrons. The molecule has 2 aliphatic heterocycles. The summed E-state index contributed by atoms with van der Waals surface area (Å²) in [5.74, 6) is -0.377. The monoisotopic (exact) mass is 524 g/mol. The van der Waals surface area contributed by atoms with Crippen molar-refractivity contribution in [1.82, 2.24) is 20.0 Å². The van der Waals surface area contributed by atoms with Gasteiger partial charge in [-0.25, -0.2) is 0 Å². The molecule has 0 unspecified atom stereocenters. The molecular formula is C26H35F3N4O4. The van der Waals surface area contributed by atoms with Gasteiger partial charge in [-0.3, -0.25) is 19.3 Å². The van der Waals surface area contributed by atoms with Crippen molar-refractivity contribution >= 4 is 17.7 Å². The summed E-state index contributed by atoms with van der Waals surface area (Å²) in [6.07, 6.45) is 1.12. The van der Waals surface area contributed by atoms with Crippen LogP contribution in [0.1, 0.15) is 54.9 Å². The van der Waals surface area contributed by atoms with E-state index in [4.69, 9.17) is 4.74 Å². The van der Waals surface area contributed by atoms with Crippen LogP contribution in [0.2, 0.25) is 0 Å². The van der Waals surface area contributed by atoms with Gasteiger partial charge in [0.15, 0.2) is 0 Å². The van der Waals surface area contributed by atoms with Crippen molar-refractivity contribution in [2.24, 2.45) is 5.92 Å².